The monoisotopic (exact) mass is 346 g/mol. The van der Waals surface area contributed by atoms with E-state index < -0.39 is 0 Å². The van der Waals surface area contributed by atoms with Crippen molar-refractivity contribution in [2.45, 2.75) is 11.8 Å². The van der Waals surface area contributed by atoms with E-state index in [1.54, 1.807) is 43.0 Å². The van der Waals surface area contributed by atoms with Gasteiger partial charge in [-0.25, -0.2) is 0 Å². The SMILES string of the molecule is CSc1cccc(Oc2cncc(N(C)CCN(C)C(C)=O)n2)c1. The number of likely N-dealkylation sites (N-methyl/N-ethyl adjacent to an activating group) is 2. The molecule has 0 saturated heterocycles. The van der Waals surface area contributed by atoms with Crippen LogP contribution in [0.5, 0.6) is 11.6 Å². The van der Waals surface area contributed by atoms with E-state index in [0.29, 0.717) is 24.8 Å². The fraction of sp³-hybridized carbons (Fsp3) is 0.353. The molecule has 1 aromatic heterocycles. The number of nitrogens with zero attached hydrogens (tertiary/aromatic N) is 4. The van der Waals surface area contributed by atoms with Crippen LogP contribution in [-0.2, 0) is 4.79 Å². The molecule has 1 amide bonds. The Morgan fingerprint density at radius 1 is 1.25 bits per heavy atom. The molecule has 0 spiro atoms. The smallest absolute Gasteiger partial charge is 0.239 e. The lowest BCUT2D eigenvalue weighted by molar-refractivity contribution is -0.127. The van der Waals surface area contributed by atoms with Crippen LogP contribution in [0.2, 0.25) is 0 Å². The van der Waals surface area contributed by atoms with Gasteiger partial charge in [0.25, 0.3) is 0 Å². The third-order valence-corrected chi connectivity index (χ3v) is 4.29. The molecule has 0 unspecified atom stereocenters. The molecule has 2 rings (SSSR count). The molecule has 0 radical (unpaired) electrons. The molecule has 0 bridgehead atoms. The molecule has 24 heavy (non-hydrogen) atoms. The molecule has 0 atom stereocenters. The summed E-state index contributed by atoms with van der Waals surface area (Å²) >= 11 is 1.66. The molecule has 7 heteroatoms. The van der Waals surface area contributed by atoms with Crippen molar-refractivity contribution in [3.8, 4) is 11.6 Å². The van der Waals surface area contributed by atoms with Crippen LogP contribution in [0.4, 0.5) is 5.82 Å². The first-order valence-corrected chi connectivity index (χ1v) is 8.79. The molecule has 6 nitrogen and oxygen atoms in total. The lowest BCUT2D eigenvalue weighted by Gasteiger charge is -2.22. The highest BCUT2D eigenvalue weighted by molar-refractivity contribution is 7.98. The van der Waals surface area contributed by atoms with Gasteiger partial charge in [0.1, 0.15) is 5.75 Å². The molecular weight excluding hydrogens is 324 g/mol. The summed E-state index contributed by atoms with van der Waals surface area (Å²) in [4.78, 5) is 24.7. The molecule has 1 aromatic carbocycles. The number of rotatable bonds is 7. The molecule has 128 valence electrons. The highest BCUT2D eigenvalue weighted by Gasteiger charge is 2.09. The molecule has 1 heterocycles. The number of anilines is 1. The summed E-state index contributed by atoms with van der Waals surface area (Å²) in [5.74, 6) is 1.91. The van der Waals surface area contributed by atoms with Crippen molar-refractivity contribution >= 4 is 23.5 Å². The summed E-state index contributed by atoms with van der Waals surface area (Å²) in [6.07, 6.45) is 5.29. The minimum Gasteiger partial charge on any atom is -0.437 e. The summed E-state index contributed by atoms with van der Waals surface area (Å²) in [5.41, 5.74) is 0. The number of hydrogen-bond acceptors (Lipinski definition) is 6. The topological polar surface area (TPSA) is 58.6 Å². The third kappa shape index (κ3) is 5.13. The van der Waals surface area contributed by atoms with Crippen LogP contribution in [0.1, 0.15) is 6.92 Å². The van der Waals surface area contributed by atoms with Gasteiger partial charge in [-0.1, -0.05) is 6.07 Å². The Morgan fingerprint density at radius 3 is 2.75 bits per heavy atom. The van der Waals surface area contributed by atoms with Crippen LogP contribution in [0.15, 0.2) is 41.6 Å². The number of thioether (sulfide) groups is 1. The number of ether oxygens (including phenoxy) is 1. The summed E-state index contributed by atoms with van der Waals surface area (Å²) in [6, 6.07) is 7.82. The van der Waals surface area contributed by atoms with Crippen molar-refractivity contribution < 1.29 is 9.53 Å². The number of aromatic nitrogens is 2. The van der Waals surface area contributed by atoms with Crippen LogP contribution in [0.3, 0.4) is 0 Å². The predicted octanol–water partition coefficient (Wildman–Crippen LogP) is 2.91. The molecule has 0 saturated carbocycles. The Balaban J connectivity index is 2.03. The average Bonchev–Trinajstić information content (AvgIpc) is 2.59. The first-order chi connectivity index (χ1) is 11.5. The zero-order valence-corrected chi connectivity index (χ0v) is 15.2. The van der Waals surface area contributed by atoms with Gasteiger partial charge in [-0.2, -0.15) is 4.98 Å². The lowest BCUT2D eigenvalue weighted by atomic mass is 10.3. The van der Waals surface area contributed by atoms with E-state index in [-0.39, 0.29) is 5.91 Å². The van der Waals surface area contributed by atoms with Crippen LogP contribution in [0, 0.1) is 0 Å². The summed E-state index contributed by atoms with van der Waals surface area (Å²) in [5, 5.41) is 0. The normalized spacial score (nSPS) is 10.3. The number of benzene rings is 1. The Bertz CT molecular complexity index is 696. The van der Waals surface area contributed by atoms with Gasteiger partial charge in [0, 0.05) is 39.0 Å². The standard InChI is InChI=1S/C17H22N4O2S/c1-13(22)20(2)8-9-21(3)16-11-18-12-17(19-16)23-14-6-5-7-15(10-14)24-4/h5-7,10-12H,8-9H2,1-4H3. The molecule has 0 N–H and O–H groups in total. The second kappa shape index (κ2) is 8.54. The number of carbonyl (C=O) groups excluding carboxylic acids is 1. The third-order valence-electron chi connectivity index (χ3n) is 3.56. The maximum Gasteiger partial charge on any atom is 0.239 e. The van der Waals surface area contributed by atoms with Crippen LogP contribution in [0.25, 0.3) is 0 Å². The minimum absolute atomic E-state index is 0.0419. The largest absolute Gasteiger partial charge is 0.437 e. The Labute approximate surface area is 146 Å². The first kappa shape index (κ1) is 18.1. The Hall–Kier alpha value is -2.28. The Morgan fingerprint density at radius 2 is 2.04 bits per heavy atom. The molecule has 0 aliphatic heterocycles. The van der Waals surface area contributed by atoms with E-state index in [1.165, 1.54) is 0 Å². The summed E-state index contributed by atoms with van der Waals surface area (Å²) in [6.45, 7) is 2.83. The minimum atomic E-state index is 0.0419. The molecule has 0 fully saturated rings. The maximum absolute atomic E-state index is 11.3. The van der Waals surface area contributed by atoms with Crippen molar-refractivity contribution in [2.75, 3.05) is 38.3 Å². The fourth-order valence-electron chi connectivity index (χ4n) is 1.93. The Kier molecular flexibility index (Phi) is 6.43. The second-order valence-corrected chi connectivity index (χ2v) is 6.24. The second-order valence-electron chi connectivity index (χ2n) is 5.36. The van der Waals surface area contributed by atoms with E-state index in [4.69, 9.17) is 4.74 Å². The van der Waals surface area contributed by atoms with Gasteiger partial charge in [-0.05, 0) is 24.5 Å². The van der Waals surface area contributed by atoms with Gasteiger partial charge in [-0.3, -0.25) is 9.78 Å². The van der Waals surface area contributed by atoms with Crippen molar-refractivity contribution in [1.82, 2.24) is 14.9 Å². The van der Waals surface area contributed by atoms with Crippen molar-refractivity contribution in [3.63, 3.8) is 0 Å². The maximum atomic E-state index is 11.3. The van der Waals surface area contributed by atoms with Gasteiger partial charge in [0.05, 0.1) is 12.4 Å². The van der Waals surface area contributed by atoms with E-state index >= 15 is 0 Å². The number of hydrogen-bond donors (Lipinski definition) is 0. The predicted molar refractivity (Wildman–Crippen MR) is 96.9 cm³/mol. The van der Waals surface area contributed by atoms with Gasteiger partial charge < -0.3 is 14.5 Å². The molecule has 0 aliphatic carbocycles. The van der Waals surface area contributed by atoms with Crippen molar-refractivity contribution in [2.24, 2.45) is 0 Å². The van der Waals surface area contributed by atoms with Gasteiger partial charge >= 0.3 is 0 Å². The van der Waals surface area contributed by atoms with E-state index in [0.717, 1.165) is 10.6 Å². The van der Waals surface area contributed by atoms with Crippen molar-refractivity contribution in [3.05, 3.63) is 36.7 Å². The lowest BCUT2D eigenvalue weighted by Crippen LogP contribution is -2.33. The quantitative estimate of drug-likeness (QED) is 0.719. The van der Waals surface area contributed by atoms with Crippen LogP contribution >= 0.6 is 11.8 Å². The average molecular weight is 346 g/mol. The number of amides is 1. The van der Waals surface area contributed by atoms with Gasteiger partial charge in [0.2, 0.25) is 11.8 Å². The van der Waals surface area contributed by atoms with Crippen LogP contribution in [-0.4, -0.2) is 54.2 Å². The van der Waals surface area contributed by atoms with Gasteiger partial charge in [-0.15, -0.1) is 11.8 Å². The van der Waals surface area contributed by atoms with Crippen LogP contribution < -0.4 is 9.64 Å². The molecular formula is C17H22N4O2S. The zero-order chi connectivity index (χ0) is 17.5. The first-order valence-electron chi connectivity index (χ1n) is 7.56. The van der Waals surface area contributed by atoms with Crippen molar-refractivity contribution in [1.29, 1.82) is 0 Å². The summed E-state index contributed by atoms with van der Waals surface area (Å²) < 4.78 is 5.80. The molecule has 2 aromatic rings. The van der Waals surface area contributed by atoms with E-state index in [9.17, 15) is 4.79 Å². The van der Waals surface area contributed by atoms with E-state index in [1.807, 2.05) is 42.5 Å². The number of carbonyl (C=O) groups is 1. The molecule has 0 aliphatic rings. The zero-order valence-electron chi connectivity index (χ0n) is 14.4. The highest BCUT2D eigenvalue weighted by Crippen LogP contribution is 2.25. The summed E-state index contributed by atoms with van der Waals surface area (Å²) in [7, 11) is 3.69. The van der Waals surface area contributed by atoms with Gasteiger partial charge in [0.15, 0.2) is 5.82 Å². The highest BCUT2D eigenvalue weighted by atomic mass is 32.2. The van der Waals surface area contributed by atoms with E-state index in [2.05, 4.69) is 9.97 Å². The fourth-order valence-corrected chi connectivity index (χ4v) is 2.38.